The summed E-state index contributed by atoms with van der Waals surface area (Å²) in [5.41, 5.74) is 0.965. The number of halogens is 2. The van der Waals surface area contributed by atoms with Crippen molar-refractivity contribution in [1.82, 2.24) is 5.32 Å². The van der Waals surface area contributed by atoms with Gasteiger partial charge in [-0.3, -0.25) is 4.79 Å². The van der Waals surface area contributed by atoms with E-state index in [4.69, 9.17) is 27.9 Å². The highest BCUT2D eigenvalue weighted by Gasteiger charge is 2.34. The van der Waals surface area contributed by atoms with E-state index in [1.165, 1.54) is 7.11 Å². The van der Waals surface area contributed by atoms with Gasteiger partial charge in [-0.15, -0.1) is 0 Å². The number of rotatable bonds is 2. The highest BCUT2D eigenvalue weighted by molar-refractivity contribution is 6.42. The molecule has 0 bridgehead atoms. The summed E-state index contributed by atoms with van der Waals surface area (Å²) in [6.45, 7) is 0.796. The summed E-state index contributed by atoms with van der Waals surface area (Å²) in [6, 6.07) is 5.38. The minimum atomic E-state index is -0.189. The molecule has 1 aromatic carbocycles. The molecular weight excluding hydrogens is 261 g/mol. The summed E-state index contributed by atoms with van der Waals surface area (Å²) < 4.78 is 4.80. The van der Waals surface area contributed by atoms with Gasteiger partial charge in [0, 0.05) is 6.04 Å². The molecule has 1 aromatic rings. The van der Waals surface area contributed by atoms with Crippen molar-refractivity contribution in [3.05, 3.63) is 33.8 Å². The largest absolute Gasteiger partial charge is 0.469 e. The van der Waals surface area contributed by atoms with E-state index in [-0.39, 0.29) is 17.9 Å². The molecule has 1 aliphatic rings. The average Bonchev–Trinajstić information content (AvgIpc) is 2.80. The third kappa shape index (κ3) is 2.57. The third-order valence-electron chi connectivity index (χ3n) is 3.03. The van der Waals surface area contributed by atoms with Gasteiger partial charge in [-0.1, -0.05) is 29.3 Å². The van der Waals surface area contributed by atoms with Crippen LogP contribution in [0.15, 0.2) is 18.2 Å². The number of carbonyl (C=O) groups excluding carboxylic acids is 1. The van der Waals surface area contributed by atoms with Crippen LogP contribution in [0.4, 0.5) is 0 Å². The fourth-order valence-corrected chi connectivity index (χ4v) is 2.47. The highest BCUT2D eigenvalue weighted by Crippen LogP contribution is 2.33. The number of methoxy groups -OCH3 is 1. The van der Waals surface area contributed by atoms with Crippen LogP contribution in [0.3, 0.4) is 0 Å². The lowest BCUT2D eigenvalue weighted by Crippen LogP contribution is -2.24. The maximum atomic E-state index is 11.6. The molecule has 0 saturated carbocycles. The molecule has 5 heteroatoms. The maximum Gasteiger partial charge on any atom is 0.310 e. The quantitative estimate of drug-likeness (QED) is 0.843. The first-order chi connectivity index (χ1) is 8.13. The number of benzene rings is 1. The second kappa shape index (κ2) is 5.25. The van der Waals surface area contributed by atoms with E-state index in [1.54, 1.807) is 12.1 Å². The Kier molecular flexibility index (Phi) is 3.92. The summed E-state index contributed by atoms with van der Waals surface area (Å²) in [5, 5.41) is 4.30. The lowest BCUT2D eigenvalue weighted by molar-refractivity contribution is -0.145. The number of nitrogens with one attached hydrogen (secondary N) is 1. The summed E-state index contributed by atoms with van der Waals surface area (Å²) in [4.78, 5) is 11.6. The number of esters is 1. The Morgan fingerprint density at radius 3 is 2.82 bits per heavy atom. The first-order valence-corrected chi connectivity index (χ1v) is 6.15. The molecule has 1 saturated heterocycles. The lowest BCUT2D eigenvalue weighted by atomic mass is 9.94. The van der Waals surface area contributed by atoms with Crippen LogP contribution in [0.25, 0.3) is 0 Å². The van der Waals surface area contributed by atoms with E-state index in [0.717, 1.165) is 18.5 Å². The molecule has 1 aliphatic heterocycles. The molecule has 1 fully saturated rings. The van der Waals surface area contributed by atoms with Gasteiger partial charge in [-0.25, -0.2) is 0 Å². The topological polar surface area (TPSA) is 38.3 Å². The van der Waals surface area contributed by atoms with Gasteiger partial charge in [0.2, 0.25) is 0 Å². The van der Waals surface area contributed by atoms with Crippen molar-refractivity contribution >= 4 is 29.2 Å². The zero-order valence-corrected chi connectivity index (χ0v) is 10.9. The van der Waals surface area contributed by atoms with E-state index in [1.807, 2.05) is 6.07 Å². The van der Waals surface area contributed by atoms with Gasteiger partial charge < -0.3 is 10.1 Å². The molecule has 1 heterocycles. The minimum Gasteiger partial charge on any atom is -0.469 e. The van der Waals surface area contributed by atoms with Crippen molar-refractivity contribution in [2.24, 2.45) is 5.92 Å². The van der Waals surface area contributed by atoms with Gasteiger partial charge in [0.1, 0.15) is 0 Å². The Balaban J connectivity index is 2.26. The Labute approximate surface area is 110 Å². The number of carbonyl (C=O) groups is 1. The molecule has 2 rings (SSSR count). The van der Waals surface area contributed by atoms with Crippen molar-refractivity contribution < 1.29 is 9.53 Å². The summed E-state index contributed by atoms with van der Waals surface area (Å²) in [5.74, 6) is -0.344. The van der Waals surface area contributed by atoms with Crippen LogP contribution < -0.4 is 5.32 Å². The van der Waals surface area contributed by atoms with Crippen LogP contribution in [0, 0.1) is 5.92 Å². The third-order valence-corrected chi connectivity index (χ3v) is 3.77. The molecule has 2 atom stereocenters. The molecule has 0 radical (unpaired) electrons. The number of ether oxygens (including phenoxy) is 1. The molecule has 0 amide bonds. The molecule has 0 spiro atoms. The van der Waals surface area contributed by atoms with Gasteiger partial charge in [0.25, 0.3) is 0 Å². The Morgan fingerprint density at radius 2 is 2.18 bits per heavy atom. The van der Waals surface area contributed by atoms with Crippen molar-refractivity contribution in [2.75, 3.05) is 13.7 Å². The van der Waals surface area contributed by atoms with E-state index < -0.39 is 0 Å². The summed E-state index contributed by atoms with van der Waals surface area (Å²) in [6.07, 6.45) is 0.775. The number of hydrogen-bond donors (Lipinski definition) is 1. The first kappa shape index (κ1) is 12.7. The van der Waals surface area contributed by atoms with Crippen LogP contribution in [-0.4, -0.2) is 19.6 Å². The zero-order valence-electron chi connectivity index (χ0n) is 9.37. The normalized spacial score (nSPS) is 23.7. The van der Waals surface area contributed by atoms with Gasteiger partial charge in [0.15, 0.2) is 0 Å². The maximum absolute atomic E-state index is 11.6. The fraction of sp³-hybridized carbons (Fsp3) is 0.417. The summed E-state index contributed by atoms with van der Waals surface area (Å²) in [7, 11) is 1.41. The SMILES string of the molecule is COC(=O)[C@@H]1CCNC1c1ccc(Cl)c(Cl)c1. The smallest absolute Gasteiger partial charge is 0.310 e. The molecule has 3 nitrogen and oxygen atoms in total. The fourth-order valence-electron chi connectivity index (χ4n) is 2.16. The predicted molar refractivity (Wildman–Crippen MR) is 67.3 cm³/mol. The van der Waals surface area contributed by atoms with Crippen molar-refractivity contribution in [1.29, 1.82) is 0 Å². The van der Waals surface area contributed by atoms with Crippen LogP contribution in [0.5, 0.6) is 0 Å². The lowest BCUT2D eigenvalue weighted by Gasteiger charge is -2.18. The molecule has 0 aliphatic carbocycles. The van der Waals surface area contributed by atoms with Gasteiger partial charge >= 0.3 is 5.97 Å². The highest BCUT2D eigenvalue weighted by atomic mass is 35.5. The molecule has 1 N–H and O–H groups in total. The Hall–Kier alpha value is -0.770. The molecule has 17 heavy (non-hydrogen) atoms. The van der Waals surface area contributed by atoms with Crippen LogP contribution in [0.1, 0.15) is 18.0 Å². The average molecular weight is 274 g/mol. The van der Waals surface area contributed by atoms with E-state index >= 15 is 0 Å². The van der Waals surface area contributed by atoms with E-state index in [2.05, 4.69) is 5.32 Å². The van der Waals surface area contributed by atoms with Crippen LogP contribution in [-0.2, 0) is 9.53 Å². The van der Waals surface area contributed by atoms with E-state index in [9.17, 15) is 4.79 Å². The van der Waals surface area contributed by atoms with Crippen LogP contribution in [0.2, 0.25) is 10.0 Å². The van der Waals surface area contributed by atoms with Gasteiger partial charge in [-0.05, 0) is 30.7 Å². The molecular formula is C12H13Cl2NO2. The predicted octanol–water partition coefficient (Wildman–Crippen LogP) is 2.82. The second-order valence-electron chi connectivity index (χ2n) is 4.02. The summed E-state index contributed by atoms with van der Waals surface area (Å²) >= 11 is 11.8. The van der Waals surface area contributed by atoms with Crippen LogP contribution >= 0.6 is 23.2 Å². The molecule has 1 unspecified atom stereocenters. The zero-order chi connectivity index (χ0) is 12.4. The van der Waals surface area contributed by atoms with Crippen molar-refractivity contribution in [2.45, 2.75) is 12.5 Å². The van der Waals surface area contributed by atoms with Crippen molar-refractivity contribution in [3.63, 3.8) is 0 Å². The Morgan fingerprint density at radius 1 is 1.41 bits per heavy atom. The van der Waals surface area contributed by atoms with Gasteiger partial charge in [-0.2, -0.15) is 0 Å². The van der Waals surface area contributed by atoms with E-state index in [0.29, 0.717) is 10.0 Å². The number of hydrogen-bond acceptors (Lipinski definition) is 3. The minimum absolute atomic E-state index is 0.0442. The van der Waals surface area contributed by atoms with Gasteiger partial charge in [0.05, 0.1) is 23.1 Å². The molecule has 0 aromatic heterocycles. The monoisotopic (exact) mass is 273 g/mol. The second-order valence-corrected chi connectivity index (χ2v) is 4.84. The Bertz CT molecular complexity index is 437. The van der Waals surface area contributed by atoms with Crippen molar-refractivity contribution in [3.8, 4) is 0 Å². The standard InChI is InChI=1S/C12H13Cl2NO2/c1-17-12(16)8-4-5-15-11(8)7-2-3-9(13)10(14)6-7/h2-3,6,8,11,15H,4-5H2,1H3/t8-,11?/m1/s1. The molecule has 92 valence electrons. The first-order valence-electron chi connectivity index (χ1n) is 5.39.